The highest BCUT2D eigenvalue weighted by Gasteiger charge is 2.28. The molecule has 1 aromatic carbocycles. The molecule has 1 saturated heterocycles. The molecule has 0 aliphatic carbocycles. The summed E-state index contributed by atoms with van der Waals surface area (Å²) in [4.78, 5) is 5.25. The molecule has 0 N–H and O–H groups in total. The Balaban J connectivity index is 1.53. The van der Waals surface area contributed by atoms with Gasteiger partial charge in [-0.15, -0.1) is 0 Å². The lowest BCUT2D eigenvalue weighted by molar-refractivity contribution is 0.101. The number of nitrogens with zero attached hydrogens (tertiary/aromatic N) is 3. The van der Waals surface area contributed by atoms with E-state index in [2.05, 4.69) is 34.0 Å². The van der Waals surface area contributed by atoms with Crippen molar-refractivity contribution in [3.8, 4) is 0 Å². The van der Waals surface area contributed by atoms with E-state index in [9.17, 15) is 0 Å². The van der Waals surface area contributed by atoms with Crippen molar-refractivity contribution in [2.24, 2.45) is 0 Å². The second-order valence-electron chi connectivity index (χ2n) is 6.73. The van der Waals surface area contributed by atoms with E-state index in [1.54, 1.807) is 0 Å². The predicted octanol–water partition coefficient (Wildman–Crippen LogP) is 2.98. The van der Waals surface area contributed by atoms with Crippen LogP contribution >= 0.6 is 0 Å². The molecule has 2 aliphatic heterocycles. The Hall–Kier alpha value is -1.39. The monoisotopic (exact) mass is 299 g/mol. The van der Waals surface area contributed by atoms with Crippen molar-refractivity contribution < 1.29 is 4.52 Å². The van der Waals surface area contributed by atoms with Crippen LogP contribution in [0.3, 0.4) is 0 Å². The van der Waals surface area contributed by atoms with Gasteiger partial charge in [-0.25, -0.2) is 0 Å². The molecule has 2 aliphatic rings. The Labute approximate surface area is 132 Å². The van der Waals surface area contributed by atoms with E-state index < -0.39 is 0 Å². The molecule has 4 heteroatoms. The highest BCUT2D eigenvalue weighted by Crippen LogP contribution is 2.31. The van der Waals surface area contributed by atoms with Gasteiger partial charge in [-0.05, 0) is 57.5 Å². The fourth-order valence-corrected chi connectivity index (χ4v) is 4.11. The zero-order valence-corrected chi connectivity index (χ0v) is 13.6. The van der Waals surface area contributed by atoms with Gasteiger partial charge in [0, 0.05) is 30.1 Å². The molecule has 4 rings (SSSR count). The number of rotatable bonds is 2. The molecule has 0 saturated carbocycles. The Morgan fingerprint density at radius 3 is 2.82 bits per heavy atom. The smallest absolute Gasteiger partial charge is 0.170 e. The molecule has 0 unspecified atom stereocenters. The quantitative estimate of drug-likeness (QED) is 0.853. The van der Waals surface area contributed by atoms with Crippen LogP contribution in [0.25, 0.3) is 11.0 Å². The maximum Gasteiger partial charge on any atom is 0.170 e. The first-order valence-corrected chi connectivity index (χ1v) is 8.59. The first-order valence-electron chi connectivity index (χ1n) is 8.59. The van der Waals surface area contributed by atoms with Gasteiger partial charge < -0.3 is 9.42 Å². The van der Waals surface area contributed by atoms with Crippen LogP contribution in [0.1, 0.15) is 36.6 Å². The summed E-state index contributed by atoms with van der Waals surface area (Å²) < 4.78 is 5.58. The Morgan fingerprint density at radius 2 is 2.05 bits per heavy atom. The predicted molar refractivity (Wildman–Crippen MR) is 88.0 cm³/mol. The van der Waals surface area contributed by atoms with Crippen molar-refractivity contribution in [2.45, 2.75) is 45.7 Å². The molecule has 22 heavy (non-hydrogen) atoms. The van der Waals surface area contributed by atoms with Gasteiger partial charge in [-0.3, -0.25) is 4.90 Å². The van der Waals surface area contributed by atoms with E-state index >= 15 is 0 Å². The summed E-state index contributed by atoms with van der Waals surface area (Å²) in [7, 11) is 0. The number of hydrogen-bond donors (Lipinski definition) is 0. The van der Waals surface area contributed by atoms with E-state index in [0.717, 1.165) is 36.8 Å². The molecule has 0 amide bonds. The molecule has 1 aromatic heterocycles. The van der Waals surface area contributed by atoms with Gasteiger partial charge in [0.15, 0.2) is 5.58 Å². The summed E-state index contributed by atoms with van der Waals surface area (Å²) >= 11 is 0. The number of piperidine rings is 1. The number of aryl methyl sites for hydroxylation is 1. The first-order chi connectivity index (χ1) is 10.8. The molecular formula is C18H25N3O. The van der Waals surface area contributed by atoms with Crippen molar-refractivity contribution in [1.82, 2.24) is 15.0 Å². The highest BCUT2D eigenvalue weighted by atomic mass is 16.5. The number of likely N-dealkylation sites (tertiary alicyclic amines) is 1. The van der Waals surface area contributed by atoms with Crippen LogP contribution in [-0.2, 0) is 13.0 Å². The minimum absolute atomic E-state index is 0.753. The van der Waals surface area contributed by atoms with E-state index in [1.165, 1.54) is 49.0 Å². The molecule has 0 atom stereocenters. The van der Waals surface area contributed by atoms with Crippen LogP contribution in [0.4, 0.5) is 0 Å². The molecule has 0 spiro atoms. The van der Waals surface area contributed by atoms with Gasteiger partial charge in [-0.1, -0.05) is 18.1 Å². The van der Waals surface area contributed by atoms with Crippen LogP contribution in [0.15, 0.2) is 16.7 Å². The third-order valence-electron chi connectivity index (χ3n) is 5.56. The van der Waals surface area contributed by atoms with Crippen molar-refractivity contribution in [3.05, 3.63) is 29.0 Å². The van der Waals surface area contributed by atoms with Crippen LogP contribution in [0, 0.1) is 6.92 Å². The SMILES string of the molecule is CCN1CCC(N2CCc3c(ccc4c(C)noc34)C2)CC1. The van der Waals surface area contributed by atoms with Crippen molar-refractivity contribution in [1.29, 1.82) is 0 Å². The molecule has 118 valence electrons. The fraction of sp³-hybridized carbons (Fsp3) is 0.611. The third kappa shape index (κ3) is 2.34. The third-order valence-corrected chi connectivity index (χ3v) is 5.56. The van der Waals surface area contributed by atoms with Crippen LogP contribution in [0.2, 0.25) is 0 Å². The Bertz CT molecular complexity index is 670. The fourth-order valence-electron chi connectivity index (χ4n) is 4.11. The molecule has 2 aromatic rings. The molecule has 4 nitrogen and oxygen atoms in total. The van der Waals surface area contributed by atoms with Gasteiger partial charge >= 0.3 is 0 Å². The Morgan fingerprint density at radius 1 is 1.23 bits per heavy atom. The van der Waals surface area contributed by atoms with E-state index in [-0.39, 0.29) is 0 Å². The molecule has 1 fully saturated rings. The van der Waals surface area contributed by atoms with Crippen LogP contribution in [0.5, 0.6) is 0 Å². The van der Waals surface area contributed by atoms with Crippen molar-refractivity contribution in [2.75, 3.05) is 26.2 Å². The number of aromatic nitrogens is 1. The van der Waals surface area contributed by atoms with Gasteiger partial charge in [0.05, 0.1) is 5.69 Å². The molecular weight excluding hydrogens is 274 g/mol. The van der Waals surface area contributed by atoms with Crippen LogP contribution < -0.4 is 0 Å². The van der Waals surface area contributed by atoms with E-state index in [1.807, 2.05) is 6.92 Å². The standard InChI is InChI=1S/C18H25N3O/c1-3-20-9-6-15(7-10-20)21-11-8-17-14(12-21)4-5-16-13(2)19-22-18(16)17/h4-5,15H,3,6-12H2,1-2H3. The van der Waals surface area contributed by atoms with E-state index in [0.29, 0.717) is 0 Å². The summed E-state index contributed by atoms with van der Waals surface area (Å²) in [5.41, 5.74) is 4.86. The first kappa shape index (κ1) is 14.2. The van der Waals surface area contributed by atoms with Gasteiger partial charge in [0.25, 0.3) is 0 Å². The lowest BCUT2D eigenvalue weighted by Gasteiger charge is -2.40. The molecule has 3 heterocycles. The lowest BCUT2D eigenvalue weighted by atomic mass is 9.94. The number of benzene rings is 1. The normalized spacial score (nSPS) is 21.4. The van der Waals surface area contributed by atoms with Crippen molar-refractivity contribution in [3.63, 3.8) is 0 Å². The summed E-state index contributed by atoms with van der Waals surface area (Å²) in [5, 5.41) is 5.32. The lowest BCUT2D eigenvalue weighted by Crippen LogP contribution is -2.46. The highest BCUT2D eigenvalue weighted by molar-refractivity contribution is 5.83. The largest absolute Gasteiger partial charge is 0.356 e. The minimum Gasteiger partial charge on any atom is -0.356 e. The van der Waals surface area contributed by atoms with E-state index in [4.69, 9.17) is 4.52 Å². The second kappa shape index (κ2) is 5.67. The second-order valence-corrected chi connectivity index (χ2v) is 6.73. The summed E-state index contributed by atoms with van der Waals surface area (Å²) in [6, 6.07) is 5.22. The summed E-state index contributed by atoms with van der Waals surface area (Å²) in [6.45, 7) is 10.2. The van der Waals surface area contributed by atoms with Gasteiger partial charge in [-0.2, -0.15) is 0 Å². The van der Waals surface area contributed by atoms with Crippen molar-refractivity contribution >= 4 is 11.0 Å². The van der Waals surface area contributed by atoms with Crippen LogP contribution in [-0.4, -0.2) is 47.2 Å². The molecule has 0 radical (unpaired) electrons. The maximum atomic E-state index is 5.58. The molecule has 0 bridgehead atoms. The summed E-state index contributed by atoms with van der Waals surface area (Å²) in [5.74, 6) is 0. The number of fused-ring (bicyclic) bond motifs is 3. The van der Waals surface area contributed by atoms with Gasteiger partial charge in [0.2, 0.25) is 0 Å². The zero-order valence-electron chi connectivity index (χ0n) is 13.6. The zero-order chi connectivity index (χ0) is 15.1. The average Bonchev–Trinajstić information content (AvgIpc) is 2.96. The minimum atomic E-state index is 0.753. The van der Waals surface area contributed by atoms with Gasteiger partial charge in [0.1, 0.15) is 0 Å². The Kier molecular flexibility index (Phi) is 3.66. The summed E-state index contributed by atoms with van der Waals surface area (Å²) in [6.07, 6.45) is 3.72. The maximum absolute atomic E-state index is 5.58. The average molecular weight is 299 g/mol. The number of hydrogen-bond acceptors (Lipinski definition) is 4. The topological polar surface area (TPSA) is 32.5 Å².